The summed E-state index contributed by atoms with van der Waals surface area (Å²) in [5, 5.41) is 10.1. The van der Waals surface area contributed by atoms with E-state index in [0.717, 1.165) is 22.7 Å². The lowest BCUT2D eigenvalue weighted by Gasteiger charge is -2.15. The van der Waals surface area contributed by atoms with Gasteiger partial charge in [0.2, 0.25) is 0 Å². The largest absolute Gasteiger partial charge is 0.361 e. The molecule has 0 aliphatic carbocycles. The van der Waals surface area contributed by atoms with Crippen LogP contribution < -0.4 is 10.6 Å². The molecule has 2 amide bonds. The van der Waals surface area contributed by atoms with Gasteiger partial charge in [-0.3, -0.25) is 0 Å². The Balaban J connectivity index is 2.02. The minimum atomic E-state index is -0.244. The highest BCUT2D eigenvalue weighted by Gasteiger charge is 2.18. The molecule has 0 bridgehead atoms. The first-order valence-electron chi connectivity index (χ1n) is 7.55. The van der Waals surface area contributed by atoms with E-state index < -0.39 is 0 Å². The summed E-state index contributed by atoms with van der Waals surface area (Å²) in [7, 11) is 0. The van der Waals surface area contributed by atoms with E-state index in [1.807, 2.05) is 39.0 Å². The normalized spacial score (nSPS) is 13.4. The number of nitrogens with one attached hydrogen (secondary N) is 2. The van der Waals surface area contributed by atoms with Crippen LogP contribution in [0.25, 0.3) is 0 Å². The fourth-order valence-corrected chi connectivity index (χ4v) is 2.97. The van der Waals surface area contributed by atoms with Gasteiger partial charge in [0.05, 0.1) is 11.7 Å². The minimum absolute atomic E-state index is 0.172. The van der Waals surface area contributed by atoms with Crippen molar-refractivity contribution in [2.24, 2.45) is 0 Å². The number of anilines is 1. The van der Waals surface area contributed by atoms with Gasteiger partial charge in [-0.15, -0.1) is 0 Å². The smallest absolute Gasteiger partial charge is 0.319 e. The summed E-state index contributed by atoms with van der Waals surface area (Å²) in [4.78, 5) is 12.2. The SMILES string of the molecule is CS[C@@H](C)c1cccc(NC(=O)N[C@H](C)c2c(C)noc2C)c1. The van der Waals surface area contributed by atoms with Crippen LogP contribution in [-0.2, 0) is 0 Å². The molecule has 2 N–H and O–H groups in total. The zero-order valence-corrected chi connectivity index (χ0v) is 15.0. The first kappa shape index (κ1) is 17.4. The lowest BCUT2D eigenvalue weighted by atomic mass is 10.1. The van der Waals surface area contributed by atoms with E-state index in [1.54, 1.807) is 11.8 Å². The highest BCUT2D eigenvalue weighted by Crippen LogP contribution is 2.27. The second kappa shape index (κ2) is 7.55. The van der Waals surface area contributed by atoms with Crippen molar-refractivity contribution in [2.45, 2.75) is 39.0 Å². The topological polar surface area (TPSA) is 67.2 Å². The molecule has 1 heterocycles. The number of urea groups is 1. The summed E-state index contributed by atoms with van der Waals surface area (Å²) >= 11 is 1.77. The lowest BCUT2D eigenvalue weighted by molar-refractivity contribution is 0.249. The van der Waals surface area contributed by atoms with Crippen LogP contribution in [0.4, 0.5) is 10.5 Å². The quantitative estimate of drug-likeness (QED) is 0.839. The van der Waals surface area contributed by atoms with Gasteiger partial charge in [0.25, 0.3) is 0 Å². The van der Waals surface area contributed by atoms with Crippen molar-refractivity contribution in [1.82, 2.24) is 10.5 Å². The Kier molecular flexibility index (Phi) is 5.71. The molecule has 2 rings (SSSR count). The molecule has 0 aliphatic heterocycles. The molecule has 0 spiro atoms. The molecule has 2 aromatic rings. The number of hydrogen-bond acceptors (Lipinski definition) is 4. The predicted octanol–water partition coefficient (Wildman–Crippen LogP) is 4.60. The van der Waals surface area contributed by atoms with E-state index >= 15 is 0 Å². The van der Waals surface area contributed by atoms with Crippen LogP contribution in [0, 0.1) is 13.8 Å². The summed E-state index contributed by atoms with van der Waals surface area (Å²) in [6.07, 6.45) is 2.07. The number of carbonyl (C=O) groups excluding carboxylic acids is 1. The lowest BCUT2D eigenvalue weighted by Crippen LogP contribution is -2.31. The van der Waals surface area contributed by atoms with E-state index in [1.165, 1.54) is 5.56 Å². The van der Waals surface area contributed by atoms with Crippen molar-refractivity contribution in [3.05, 3.63) is 46.8 Å². The minimum Gasteiger partial charge on any atom is -0.361 e. The molecular weight excluding hydrogens is 310 g/mol. The van der Waals surface area contributed by atoms with Crippen molar-refractivity contribution in [3.8, 4) is 0 Å². The third kappa shape index (κ3) is 4.28. The Morgan fingerprint density at radius 1 is 1.30 bits per heavy atom. The second-order valence-electron chi connectivity index (χ2n) is 5.56. The molecule has 0 radical (unpaired) electrons. The average Bonchev–Trinajstić information content (AvgIpc) is 2.85. The van der Waals surface area contributed by atoms with Crippen LogP contribution in [0.3, 0.4) is 0 Å². The third-order valence-electron chi connectivity index (χ3n) is 3.84. The predicted molar refractivity (Wildman–Crippen MR) is 94.9 cm³/mol. The van der Waals surface area contributed by atoms with Gasteiger partial charge in [-0.05, 0) is 51.6 Å². The first-order chi connectivity index (χ1) is 10.9. The fraction of sp³-hybridized carbons (Fsp3) is 0.412. The molecule has 0 saturated heterocycles. The molecule has 124 valence electrons. The Bertz CT molecular complexity index is 665. The van der Waals surface area contributed by atoms with E-state index in [2.05, 4.69) is 35.0 Å². The number of hydrogen-bond donors (Lipinski definition) is 2. The van der Waals surface area contributed by atoms with Crippen molar-refractivity contribution < 1.29 is 9.32 Å². The number of amides is 2. The number of thioether (sulfide) groups is 1. The van der Waals surface area contributed by atoms with Gasteiger partial charge in [0.1, 0.15) is 5.76 Å². The molecule has 0 fully saturated rings. The van der Waals surface area contributed by atoms with Crippen LogP contribution in [-0.4, -0.2) is 17.4 Å². The van der Waals surface area contributed by atoms with E-state index in [4.69, 9.17) is 4.52 Å². The Hall–Kier alpha value is -1.95. The summed E-state index contributed by atoms with van der Waals surface area (Å²) in [6, 6.07) is 7.49. The first-order valence-corrected chi connectivity index (χ1v) is 8.84. The maximum Gasteiger partial charge on any atom is 0.319 e. The van der Waals surface area contributed by atoms with Crippen molar-refractivity contribution >= 4 is 23.5 Å². The number of benzene rings is 1. The van der Waals surface area contributed by atoms with Gasteiger partial charge in [-0.1, -0.05) is 17.3 Å². The van der Waals surface area contributed by atoms with Crippen LogP contribution in [0.5, 0.6) is 0 Å². The van der Waals surface area contributed by atoms with Crippen LogP contribution in [0.2, 0.25) is 0 Å². The number of aromatic nitrogens is 1. The summed E-state index contributed by atoms with van der Waals surface area (Å²) in [5.41, 5.74) is 3.69. The van der Waals surface area contributed by atoms with Crippen LogP contribution in [0.15, 0.2) is 28.8 Å². The maximum absolute atomic E-state index is 12.2. The average molecular weight is 333 g/mol. The Morgan fingerprint density at radius 3 is 2.65 bits per heavy atom. The van der Waals surface area contributed by atoms with E-state index in [9.17, 15) is 4.79 Å². The molecule has 0 unspecified atom stereocenters. The van der Waals surface area contributed by atoms with Gasteiger partial charge in [0.15, 0.2) is 0 Å². The molecule has 1 aromatic heterocycles. The standard InChI is InChI=1S/C17H23N3O2S/c1-10(16-11(2)20-22-12(16)3)18-17(21)19-15-8-6-7-14(9-15)13(4)23-5/h6-10,13H,1-5H3,(H2,18,19,21)/t10-,13+/m1/s1. The van der Waals surface area contributed by atoms with Crippen LogP contribution in [0.1, 0.15) is 47.7 Å². The zero-order valence-electron chi connectivity index (χ0n) is 14.1. The molecular formula is C17H23N3O2S. The fourth-order valence-electron chi connectivity index (χ4n) is 2.55. The van der Waals surface area contributed by atoms with Crippen molar-refractivity contribution in [2.75, 3.05) is 11.6 Å². The van der Waals surface area contributed by atoms with Gasteiger partial charge in [-0.2, -0.15) is 11.8 Å². The summed E-state index contributed by atoms with van der Waals surface area (Å²) < 4.78 is 5.15. The van der Waals surface area contributed by atoms with Crippen molar-refractivity contribution in [1.29, 1.82) is 0 Å². The zero-order chi connectivity index (χ0) is 17.0. The Morgan fingerprint density at radius 2 is 2.04 bits per heavy atom. The van der Waals surface area contributed by atoms with Gasteiger partial charge >= 0.3 is 6.03 Å². The summed E-state index contributed by atoms with van der Waals surface area (Å²) in [6.45, 7) is 7.77. The van der Waals surface area contributed by atoms with Crippen molar-refractivity contribution in [3.63, 3.8) is 0 Å². The second-order valence-corrected chi connectivity index (χ2v) is 6.74. The maximum atomic E-state index is 12.2. The highest BCUT2D eigenvalue weighted by molar-refractivity contribution is 7.98. The molecule has 1 aromatic carbocycles. The van der Waals surface area contributed by atoms with Gasteiger partial charge < -0.3 is 15.2 Å². The number of rotatable bonds is 5. The van der Waals surface area contributed by atoms with E-state index in [0.29, 0.717) is 5.25 Å². The van der Waals surface area contributed by atoms with E-state index in [-0.39, 0.29) is 12.1 Å². The number of carbonyl (C=O) groups is 1. The molecule has 0 aliphatic rings. The molecule has 23 heavy (non-hydrogen) atoms. The Labute approximate surface area is 141 Å². The highest BCUT2D eigenvalue weighted by atomic mass is 32.2. The number of nitrogens with zero attached hydrogens (tertiary/aromatic N) is 1. The summed E-state index contributed by atoms with van der Waals surface area (Å²) in [5.74, 6) is 0.728. The van der Waals surface area contributed by atoms with Gasteiger partial charge in [-0.25, -0.2) is 4.79 Å². The molecule has 2 atom stereocenters. The molecule has 6 heteroatoms. The number of aryl methyl sites for hydroxylation is 2. The third-order valence-corrected chi connectivity index (χ3v) is 4.82. The van der Waals surface area contributed by atoms with Gasteiger partial charge in [0, 0.05) is 16.5 Å². The molecule has 0 saturated carbocycles. The monoisotopic (exact) mass is 333 g/mol. The van der Waals surface area contributed by atoms with Crippen LogP contribution >= 0.6 is 11.8 Å². The molecule has 5 nitrogen and oxygen atoms in total.